The van der Waals surface area contributed by atoms with E-state index < -0.39 is 24.0 Å². The molecular formula is C12H10FNO4. The number of hydroxylamine groups is 2. The molecule has 0 bridgehead atoms. The molecule has 2 amide bonds. The average Bonchev–Trinajstić information content (AvgIpc) is 2.63. The quantitative estimate of drug-likeness (QED) is 0.763. The topological polar surface area (TPSA) is 63.7 Å². The molecule has 0 aliphatic carbocycles. The molecule has 94 valence electrons. The van der Waals surface area contributed by atoms with E-state index in [4.69, 9.17) is 0 Å². The van der Waals surface area contributed by atoms with Gasteiger partial charge in [0.05, 0.1) is 11.1 Å². The fraction of sp³-hybridized carbons (Fsp3) is 0.250. The Labute approximate surface area is 102 Å². The van der Waals surface area contributed by atoms with Crippen molar-refractivity contribution in [2.45, 2.75) is 19.5 Å². The van der Waals surface area contributed by atoms with E-state index in [-0.39, 0.29) is 17.5 Å². The van der Waals surface area contributed by atoms with E-state index in [1.165, 1.54) is 19.1 Å². The molecule has 0 spiro atoms. The van der Waals surface area contributed by atoms with Gasteiger partial charge < -0.3 is 4.84 Å². The maximum absolute atomic E-state index is 13.0. The number of alkyl halides is 1. The van der Waals surface area contributed by atoms with Gasteiger partial charge in [-0.3, -0.25) is 9.59 Å². The summed E-state index contributed by atoms with van der Waals surface area (Å²) in [5, 5.41) is 0.301. The number of imide groups is 1. The SMILES string of the molecule is CCC(F)C(=O)ON1C(=O)c2ccccc2C1=O. The zero-order chi connectivity index (χ0) is 13.3. The number of fused-ring (bicyclic) bond motifs is 1. The maximum atomic E-state index is 13.0. The number of halogens is 1. The molecule has 1 unspecified atom stereocenters. The summed E-state index contributed by atoms with van der Waals surface area (Å²) in [6.07, 6.45) is -1.93. The van der Waals surface area contributed by atoms with Crippen molar-refractivity contribution in [2.75, 3.05) is 0 Å². The van der Waals surface area contributed by atoms with Crippen LogP contribution in [0.15, 0.2) is 24.3 Å². The molecule has 2 rings (SSSR count). The normalized spacial score (nSPS) is 15.6. The van der Waals surface area contributed by atoms with Crippen LogP contribution < -0.4 is 0 Å². The van der Waals surface area contributed by atoms with Crippen molar-refractivity contribution in [3.63, 3.8) is 0 Å². The Kier molecular flexibility index (Phi) is 3.10. The summed E-state index contributed by atoms with van der Waals surface area (Å²) in [5.74, 6) is -2.76. The highest BCUT2D eigenvalue weighted by Gasteiger charge is 2.39. The van der Waals surface area contributed by atoms with Crippen LogP contribution in [-0.4, -0.2) is 29.0 Å². The van der Waals surface area contributed by atoms with Gasteiger partial charge in [-0.25, -0.2) is 9.18 Å². The summed E-state index contributed by atoms with van der Waals surface area (Å²) in [7, 11) is 0. The second-order valence-corrected chi connectivity index (χ2v) is 3.74. The summed E-state index contributed by atoms with van der Waals surface area (Å²) >= 11 is 0. The molecule has 0 saturated carbocycles. The van der Waals surface area contributed by atoms with Crippen LogP contribution in [0, 0.1) is 0 Å². The molecule has 18 heavy (non-hydrogen) atoms. The predicted octanol–water partition coefficient (Wildman–Crippen LogP) is 1.49. The zero-order valence-electron chi connectivity index (χ0n) is 9.55. The van der Waals surface area contributed by atoms with Crippen LogP contribution >= 0.6 is 0 Å². The van der Waals surface area contributed by atoms with E-state index in [2.05, 4.69) is 4.84 Å². The van der Waals surface area contributed by atoms with Gasteiger partial charge in [-0.1, -0.05) is 24.1 Å². The van der Waals surface area contributed by atoms with E-state index in [0.717, 1.165) is 0 Å². The third-order valence-electron chi connectivity index (χ3n) is 2.55. The van der Waals surface area contributed by atoms with Gasteiger partial charge >= 0.3 is 5.97 Å². The van der Waals surface area contributed by atoms with E-state index in [0.29, 0.717) is 5.06 Å². The van der Waals surface area contributed by atoms with Crippen LogP contribution in [0.5, 0.6) is 0 Å². The van der Waals surface area contributed by atoms with Crippen molar-refractivity contribution in [3.8, 4) is 0 Å². The largest absolute Gasteiger partial charge is 0.366 e. The van der Waals surface area contributed by atoms with Gasteiger partial charge in [0.1, 0.15) is 0 Å². The highest BCUT2D eigenvalue weighted by Crippen LogP contribution is 2.23. The second kappa shape index (κ2) is 4.56. The van der Waals surface area contributed by atoms with Gasteiger partial charge in [0.2, 0.25) is 0 Å². The number of carbonyl (C=O) groups is 3. The Bertz CT molecular complexity index is 494. The molecule has 0 saturated heterocycles. The number of carbonyl (C=O) groups excluding carboxylic acids is 3. The Morgan fingerprint density at radius 2 is 1.78 bits per heavy atom. The lowest BCUT2D eigenvalue weighted by molar-refractivity contribution is -0.174. The van der Waals surface area contributed by atoms with E-state index in [1.807, 2.05) is 0 Å². The highest BCUT2D eigenvalue weighted by atomic mass is 19.1. The first kappa shape index (κ1) is 12.2. The number of rotatable bonds is 3. The molecule has 1 heterocycles. The van der Waals surface area contributed by atoms with Gasteiger partial charge in [-0.2, -0.15) is 0 Å². The van der Waals surface area contributed by atoms with Gasteiger partial charge in [0.25, 0.3) is 11.8 Å². The summed E-state index contributed by atoms with van der Waals surface area (Å²) in [4.78, 5) is 39.2. The number of amides is 2. The molecule has 5 nitrogen and oxygen atoms in total. The third kappa shape index (κ3) is 1.85. The minimum atomic E-state index is -1.85. The Balaban J connectivity index is 2.22. The summed E-state index contributed by atoms with van der Waals surface area (Å²) < 4.78 is 13.0. The van der Waals surface area contributed by atoms with Crippen molar-refractivity contribution < 1.29 is 23.6 Å². The molecule has 0 aromatic heterocycles. The molecule has 1 aromatic rings. The number of hydrogen-bond acceptors (Lipinski definition) is 4. The molecule has 1 aliphatic rings. The molecule has 1 atom stereocenters. The first-order valence-corrected chi connectivity index (χ1v) is 5.40. The number of nitrogens with zero attached hydrogens (tertiary/aromatic N) is 1. The van der Waals surface area contributed by atoms with Crippen LogP contribution in [0.25, 0.3) is 0 Å². The summed E-state index contributed by atoms with van der Waals surface area (Å²) in [6.45, 7) is 1.45. The molecule has 0 N–H and O–H groups in total. The fourth-order valence-corrected chi connectivity index (χ4v) is 1.56. The lowest BCUT2D eigenvalue weighted by atomic mass is 10.1. The molecule has 1 aliphatic heterocycles. The predicted molar refractivity (Wildman–Crippen MR) is 58.2 cm³/mol. The van der Waals surface area contributed by atoms with Crippen molar-refractivity contribution in [2.24, 2.45) is 0 Å². The third-order valence-corrected chi connectivity index (χ3v) is 2.55. The van der Waals surface area contributed by atoms with Crippen molar-refractivity contribution in [1.29, 1.82) is 0 Å². The lowest BCUT2D eigenvalue weighted by Gasteiger charge is -2.13. The van der Waals surface area contributed by atoms with Crippen molar-refractivity contribution in [3.05, 3.63) is 35.4 Å². The van der Waals surface area contributed by atoms with Crippen LogP contribution in [0.4, 0.5) is 4.39 Å². The molecule has 1 aromatic carbocycles. The van der Waals surface area contributed by atoms with Crippen molar-refractivity contribution in [1.82, 2.24) is 5.06 Å². The first-order chi connectivity index (χ1) is 8.56. The Morgan fingerprint density at radius 1 is 1.28 bits per heavy atom. The molecule has 6 heteroatoms. The monoisotopic (exact) mass is 251 g/mol. The average molecular weight is 251 g/mol. The lowest BCUT2D eigenvalue weighted by Crippen LogP contribution is -2.35. The Morgan fingerprint density at radius 3 is 2.22 bits per heavy atom. The van der Waals surface area contributed by atoms with Gasteiger partial charge in [0.15, 0.2) is 6.17 Å². The zero-order valence-corrected chi connectivity index (χ0v) is 9.55. The van der Waals surface area contributed by atoms with Gasteiger partial charge in [-0.05, 0) is 18.6 Å². The standard InChI is InChI=1S/C12H10FNO4/c1-2-9(13)12(17)18-14-10(15)7-5-3-4-6-8(7)11(14)16/h3-6,9H,2H2,1H3. The number of hydrogen-bond donors (Lipinski definition) is 0. The highest BCUT2D eigenvalue weighted by molar-refractivity contribution is 6.20. The van der Waals surface area contributed by atoms with Crippen LogP contribution in [0.1, 0.15) is 34.1 Å². The summed E-state index contributed by atoms with van der Waals surface area (Å²) in [5.41, 5.74) is 0.282. The fourth-order valence-electron chi connectivity index (χ4n) is 1.56. The minimum Gasteiger partial charge on any atom is -0.326 e. The summed E-state index contributed by atoms with van der Waals surface area (Å²) in [6, 6.07) is 6.05. The first-order valence-electron chi connectivity index (χ1n) is 5.40. The van der Waals surface area contributed by atoms with Crippen molar-refractivity contribution >= 4 is 17.8 Å². The van der Waals surface area contributed by atoms with E-state index in [1.54, 1.807) is 12.1 Å². The van der Waals surface area contributed by atoms with Gasteiger partial charge in [-0.15, -0.1) is 0 Å². The van der Waals surface area contributed by atoms with E-state index in [9.17, 15) is 18.8 Å². The van der Waals surface area contributed by atoms with Crippen LogP contribution in [0.2, 0.25) is 0 Å². The smallest absolute Gasteiger partial charge is 0.326 e. The van der Waals surface area contributed by atoms with Crippen LogP contribution in [-0.2, 0) is 9.63 Å². The van der Waals surface area contributed by atoms with E-state index >= 15 is 0 Å². The second-order valence-electron chi connectivity index (χ2n) is 3.74. The Hall–Kier alpha value is -2.24. The maximum Gasteiger partial charge on any atom is 0.366 e. The molecular weight excluding hydrogens is 241 g/mol. The molecule has 0 radical (unpaired) electrons. The van der Waals surface area contributed by atoms with Crippen LogP contribution in [0.3, 0.4) is 0 Å². The molecule has 0 fully saturated rings. The minimum absolute atomic E-state index is 0.0813. The number of benzene rings is 1. The van der Waals surface area contributed by atoms with Gasteiger partial charge in [0, 0.05) is 0 Å².